The molecule has 0 aliphatic carbocycles. The Bertz CT molecular complexity index is 970. The maximum atomic E-state index is 12.4. The highest BCUT2D eigenvalue weighted by atomic mass is 127. The van der Waals surface area contributed by atoms with Crippen LogP contribution in [0, 0.1) is 7.14 Å². The van der Waals surface area contributed by atoms with Crippen LogP contribution in [0.25, 0.3) is 6.08 Å². The number of amides is 2. The second kappa shape index (κ2) is 9.64. The summed E-state index contributed by atoms with van der Waals surface area (Å²) in [6, 6.07) is 11.4. The highest BCUT2D eigenvalue weighted by molar-refractivity contribution is 14.1. The van der Waals surface area contributed by atoms with E-state index in [1.165, 1.54) is 11.0 Å². The molecule has 0 unspecified atom stereocenters. The summed E-state index contributed by atoms with van der Waals surface area (Å²) in [5.74, 6) is 0.469. The first-order valence-corrected chi connectivity index (χ1v) is 11.5. The van der Waals surface area contributed by atoms with E-state index in [1.807, 2.05) is 36.4 Å². The van der Waals surface area contributed by atoms with Crippen LogP contribution >= 0.6 is 68.5 Å². The van der Waals surface area contributed by atoms with Gasteiger partial charge in [-0.1, -0.05) is 35.9 Å². The number of benzene rings is 2. The van der Waals surface area contributed by atoms with Crippen molar-refractivity contribution >= 4 is 85.8 Å². The fourth-order valence-corrected chi connectivity index (χ4v) is 5.67. The SMILES string of the molecule is C=CCN1C(=O)S/C(=C/c2cc(I)c(OCc3ccccc3Cl)c(I)c2)C1=O. The van der Waals surface area contributed by atoms with Crippen molar-refractivity contribution < 1.29 is 14.3 Å². The summed E-state index contributed by atoms with van der Waals surface area (Å²) in [5, 5.41) is 0.389. The van der Waals surface area contributed by atoms with E-state index >= 15 is 0 Å². The molecule has 1 heterocycles. The largest absolute Gasteiger partial charge is 0.487 e. The molecule has 4 nitrogen and oxygen atoms in total. The molecule has 28 heavy (non-hydrogen) atoms. The summed E-state index contributed by atoms with van der Waals surface area (Å²) in [6.45, 7) is 4.16. The van der Waals surface area contributed by atoms with Gasteiger partial charge >= 0.3 is 0 Å². The van der Waals surface area contributed by atoms with E-state index in [-0.39, 0.29) is 17.7 Å². The first-order valence-electron chi connectivity index (χ1n) is 8.12. The fourth-order valence-electron chi connectivity index (χ4n) is 2.50. The van der Waals surface area contributed by atoms with Gasteiger partial charge in [0.25, 0.3) is 11.1 Å². The zero-order valence-electron chi connectivity index (χ0n) is 14.5. The molecule has 2 aromatic rings. The predicted molar refractivity (Wildman–Crippen MR) is 131 cm³/mol. The molecule has 0 aromatic heterocycles. The summed E-state index contributed by atoms with van der Waals surface area (Å²) in [5.41, 5.74) is 1.75. The summed E-state index contributed by atoms with van der Waals surface area (Å²) in [4.78, 5) is 25.9. The molecule has 0 saturated carbocycles. The molecule has 2 aromatic carbocycles. The van der Waals surface area contributed by atoms with Crippen molar-refractivity contribution in [3.05, 3.63) is 77.2 Å². The average Bonchev–Trinajstić information content (AvgIpc) is 2.90. The van der Waals surface area contributed by atoms with Gasteiger partial charge in [-0.05, 0) is 86.8 Å². The van der Waals surface area contributed by atoms with Crippen molar-refractivity contribution in [1.29, 1.82) is 0 Å². The van der Waals surface area contributed by atoms with Gasteiger partial charge in [-0.15, -0.1) is 6.58 Å². The molecule has 1 saturated heterocycles. The van der Waals surface area contributed by atoms with Crippen LogP contribution < -0.4 is 4.74 Å². The molecule has 2 amide bonds. The normalized spacial score (nSPS) is 15.4. The zero-order valence-corrected chi connectivity index (χ0v) is 20.3. The number of halogens is 3. The van der Waals surface area contributed by atoms with Crippen molar-refractivity contribution in [3.8, 4) is 5.75 Å². The molecular formula is C20H14ClI2NO3S. The minimum absolute atomic E-state index is 0.214. The number of carbonyl (C=O) groups is 2. The Hall–Kier alpha value is -1.04. The summed E-state index contributed by atoms with van der Waals surface area (Å²) < 4.78 is 7.80. The minimum atomic E-state index is -0.293. The van der Waals surface area contributed by atoms with Gasteiger partial charge in [0.05, 0.1) is 12.0 Å². The van der Waals surface area contributed by atoms with Gasteiger partial charge in [-0.25, -0.2) is 0 Å². The number of thioether (sulfide) groups is 1. The van der Waals surface area contributed by atoms with Crippen molar-refractivity contribution in [2.45, 2.75) is 6.61 Å². The molecule has 0 atom stereocenters. The quantitative estimate of drug-likeness (QED) is 0.211. The van der Waals surface area contributed by atoms with E-state index in [2.05, 4.69) is 51.8 Å². The lowest BCUT2D eigenvalue weighted by molar-refractivity contribution is -0.122. The summed E-state index contributed by atoms with van der Waals surface area (Å²) in [7, 11) is 0. The van der Waals surface area contributed by atoms with E-state index < -0.39 is 0 Å². The van der Waals surface area contributed by atoms with Gasteiger partial charge in [0.15, 0.2) is 0 Å². The van der Waals surface area contributed by atoms with Crippen LogP contribution in [0.2, 0.25) is 5.02 Å². The third-order valence-electron chi connectivity index (χ3n) is 3.83. The average molecular weight is 638 g/mol. The van der Waals surface area contributed by atoms with E-state index in [0.29, 0.717) is 16.5 Å². The molecule has 1 fully saturated rings. The molecule has 3 rings (SSSR count). The molecular weight excluding hydrogens is 624 g/mol. The molecule has 0 spiro atoms. The van der Waals surface area contributed by atoms with Crippen LogP contribution in [-0.4, -0.2) is 22.6 Å². The monoisotopic (exact) mass is 637 g/mol. The highest BCUT2D eigenvalue weighted by Crippen LogP contribution is 2.35. The predicted octanol–water partition coefficient (Wildman–Crippen LogP) is 6.35. The van der Waals surface area contributed by atoms with Gasteiger partial charge in [0.1, 0.15) is 12.4 Å². The Kier molecular flexibility index (Phi) is 7.46. The topological polar surface area (TPSA) is 46.6 Å². The molecule has 0 N–H and O–H groups in total. The first kappa shape index (κ1) is 21.7. The van der Waals surface area contributed by atoms with Gasteiger partial charge in [0.2, 0.25) is 0 Å². The number of carbonyl (C=O) groups excluding carboxylic acids is 2. The molecule has 1 aliphatic heterocycles. The van der Waals surface area contributed by atoms with E-state index in [9.17, 15) is 9.59 Å². The number of hydrogen-bond acceptors (Lipinski definition) is 4. The zero-order chi connectivity index (χ0) is 20.3. The second-order valence-corrected chi connectivity index (χ2v) is 9.50. The van der Waals surface area contributed by atoms with E-state index in [4.69, 9.17) is 16.3 Å². The lowest BCUT2D eigenvalue weighted by Crippen LogP contribution is -2.27. The molecule has 8 heteroatoms. The summed E-state index contributed by atoms with van der Waals surface area (Å²) in [6.07, 6.45) is 3.27. The number of nitrogens with zero attached hydrogens (tertiary/aromatic N) is 1. The second-order valence-electron chi connectivity index (χ2n) is 5.77. The van der Waals surface area contributed by atoms with Crippen LogP contribution in [-0.2, 0) is 11.4 Å². The molecule has 1 aliphatic rings. The fraction of sp³-hybridized carbons (Fsp3) is 0.100. The first-order chi connectivity index (χ1) is 13.4. The van der Waals surface area contributed by atoms with Gasteiger partial charge in [0, 0.05) is 17.1 Å². The Morgan fingerprint density at radius 1 is 1.18 bits per heavy atom. The van der Waals surface area contributed by atoms with Crippen molar-refractivity contribution in [1.82, 2.24) is 4.90 Å². The smallest absolute Gasteiger partial charge is 0.293 e. The van der Waals surface area contributed by atoms with Crippen molar-refractivity contribution in [2.75, 3.05) is 6.54 Å². The number of hydrogen-bond donors (Lipinski definition) is 0. The van der Waals surface area contributed by atoms with Crippen LogP contribution in [0.1, 0.15) is 11.1 Å². The summed E-state index contributed by atoms with van der Waals surface area (Å²) >= 11 is 11.5. The number of ether oxygens (including phenoxy) is 1. The lowest BCUT2D eigenvalue weighted by Gasteiger charge is -2.12. The Morgan fingerprint density at radius 3 is 2.50 bits per heavy atom. The maximum absolute atomic E-state index is 12.4. The Labute approximate surface area is 199 Å². The van der Waals surface area contributed by atoms with Crippen LogP contribution in [0.5, 0.6) is 5.75 Å². The van der Waals surface area contributed by atoms with E-state index in [1.54, 1.807) is 6.08 Å². The van der Waals surface area contributed by atoms with Crippen molar-refractivity contribution in [3.63, 3.8) is 0 Å². The molecule has 0 bridgehead atoms. The van der Waals surface area contributed by atoms with Crippen LogP contribution in [0.3, 0.4) is 0 Å². The minimum Gasteiger partial charge on any atom is -0.487 e. The van der Waals surface area contributed by atoms with Crippen LogP contribution in [0.4, 0.5) is 4.79 Å². The van der Waals surface area contributed by atoms with Gasteiger partial charge in [-0.3, -0.25) is 14.5 Å². The Morgan fingerprint density at radius 2 is 1.86 bits per heavy atom. The third-order valence-corrected chi connectivity index (χ3v) is 6.71. The van der Waals surface area contributed by atoms with E-state index in [0.717, 1.165) is 35.8 Å². The highest BCUT2D eigenvalue weighted by Gasteiger charge is 2.34. The third kappa shape index (κ3) is 4.92. The molecule has 0 radical (unpaired) electrons. The van der Waals surface area contributed by atoms with Crippen LogP contribution in [0.15, 0.2) is 54.0 Å². The number of rotatable bonds is 6. The van der Waals surface area contributed by atoms with Gasteiger partial charge in [-0.2, -0.15) is 0 Å². The lowest BCUT2D eigenvalue weighted by atomic mass is 10.2. The molecule has 144 valence electrons. The van der Waals surface area contributed by atoms with Crippen molar-refractivity contribution in [2.24, 2.45) is 0 Å². The van der Waals surface area contributed by atoms with Gasteiger partial charge < -0.3 is 4.74 Å². The maximum Gasteiger partial charge on any atom is 0.293 e. The number of imide groups is 1. The Balaban J connectivity index is 1.80. The standard InChI is InChI=1S/C20H14ClI2NO3S/c1-2-7-24-19(25)17(28-20(24)26)10-12-8-15(22)18(16(23)9-12)27-11-13-5-3-4-6-14(13)21/h2-6,8-10H,1,7,11H2/b17-10+.